The lowest BCUT2D eigenvalue weighted by molar-refractivity contribution is -0.133. The quantitative estimate of drug-likeness (QED) is 0.119. The first-order chi connectivity index (χ1) is 25.6. The number of halogens is 2. The van der Waals surface area contributed by atoms with E-state index in [2.05, 4.69) is 15.3 Å². The number of aliphatic imine (C=N–C) groups is 1. The molecule has 270 valence electrons. The van der Waals surface area contributed by atoms with Gasteiger partial charge in [-0.05, 0) is 107 Å². The van der Waals surface area contributed by atoms with E-state index in [1.165, 1.54) is 7.11 Å². The van der Waals surface area contributed by atoms with E-state index in [0.717, 1.165) is 50.2 Å². The summed E-state index contributed by atoms with van der Waals surface area (Å²) in [6.45, 7) is 5.09. The number of benzene rings is 4. The van der Waals surface area contributed by atoms with Crippen molar-refractivity contribution in [1.82, 2.24) is 10.3 Å². The van der Waals surface area contributed by atoms with Gasteiger partial charge in [0.1, 0.15) is 24.7 Å². The van der Waals surface area contributed by atoms with Gasteiger partial charge in [-0.25, -0.2) is 9.79 Å². The van der Waals surface area contributed by atoms with E-state index in [0.29, 0.717) is 53.5 Å². The second-order valence-corrected chi connectivity index (χ2v) is 13.9. The zero-order valence-corrected chi connectivity index (χ0v) is 31.0. The Bertz CT molecular complexity index is 2220. The van der Waals surface area contributed by atoms with Crippen LogP contribution in [0.3, 0.4) is 0 Å². The molecular weight excluding hydrogens is 713 g/mol. The number of nitrogens with zero attached hydrogens (tertiary/aromatic N) is 2. The molecule has 0 saturated carbocycles. The molecule has 3 heterocycles. The summed E-state index contributed by atoms with van der Waals surface area (Å²) in [5.41, 5.74) is 8.86. The highest BCUT2D eigenvalue weighted by molar-refractivity contribution is 6.42. The first kappa shape index (κ1) is 36.2. The fourth-order valence-electron chi connectivity index (χ4n) is 6.46. The predicted molar refractivity (Wildman–Crippen MR) is 204 cm³/mol. The molecular formula is C42H37Cl2N3O6. The lowest BCUT2D eigenvalue weighted by Gasteiger charge is -2.30. The number of nitrogens with one attached hydrogen (secondary N) is 1. The minimum absolute atomic E-state index is 0.0471. The Kier molecular flexibility index (Phi) is 10.8. The summed E-state index contributed by atoms with van der Waals surface area (Å²) in [7, 11) is 1.29. The minimum atomic E-state index is -0.642. The average molecular weight is 751 g/mol. The summed E-state index contributed by atoms with van der Waals surface area (Å²) in [5.74, 6) is 0.846. The molecule has 2 atom stereocenters. The van der Waals surface area contributed by atoms with Crippen LogP contribution < -0.4 is 19.5 Å². The van der Waals surface area contributed by atoms with Gasteiger partial charge in [0, 0.05) is 24.9 Å². The zero-order valence-electron chi connectivity index (χ0n) is 29.5. The molecule has 0 bridgehead atoms. The van der Waals surface area contributed by atoms with Crippen molar-refractivity contribution < 1.29 is 28.5 Å². The molecule has 7 rings (SSSR count). The maximum Gasteiger partial charge on any atom is 0.352 e. The van der Waals surface area contributed by atoms with E-state index in [4.69, 9.17) is 42.1 Å². The summed E-state index contributed by atoms with van der Waals surface area (Å²) < 4.78 is 23.6. The van der Waals surface area contributed by atoms with Crippen LogP contribution in [0.1, 0.15) is 45.2 Å². The summed E-state index contributed by atoms with van der Waals surface area (Å²) in [6, 6.07) is 26.2. The van der Waals surface area contributed by atoms with Crippen LogP contribution in [-0.2, 0) is 40.3 Å². The Morgan fingerprint density at radius 2 is 1.72 bits per heavy atom. The number of fused-ring (bicyclic) bond motifs is 2. The van der Waals surface area contributed by atoms with Crippen LogP contribution in [0, 0.1) is 13.8 Å². The van der Waals surface area contributed by atoms with E-state index < -0.39 is 17.9 Å². The molecule has 1 amide bonds. The van der Waals surface area contributed by atoms with Gasteiger partial charge in [0.25, 0.3) is 5.91 Å². The van der Waals surface area contributed by atoms with Crippen LogP contribution in [0.25, 0.3) is 11.1 Å². The molecule has 11 heteroatoms. The van der Waals surface area contributed by atoms with Gasteiger partial charge in [0.15, 0.2) is 17.6 Å². The number of aryl methyl sites for hydroxylation is 1. The first-order valence-electron chi connectivity index (χ1n) is 17.2. The van der Waals surface area contributed by atoms with Crippen molar-refractivity contribution >= 4 is 40.8 Å². The van der Waals surface area contributed by atoms with E-state index in [9.17, 15) is 9.59 Å². The number of methoxy groups -OCH3 is 1. The molecule has 1 unspecified atom stereocenters. The monoisotopic (exact) mass is 749 g/mol. The number of aromatic nitrogens is 1. The number of hydrogen-bond acceptors (Lipinski definition) is 8. The second-order valence-electron chi connectivity index (χ2n) is 13.1. The van der Waals surface area contributed by atoms with Crippen molar-refractivity contribution in [2.24, 2.45) is 4.99 Å². The topological polar surface area (TPSA) is 108 Å². The van der Waals surface area contributed by atoms with E-state index in [1.54, 1.807) is 18.3 Å². The lowest BCUT2D eigenvalue weighted by Crippen LogP contribution is -2.42. The number of carbonyl (C=O) groups excluding carboxylic acids is 2. The number of amides is 1. The predicted octanol–water partition coefficient (Wildman–Crippen LogP) is 8.16. The van der Waals surface area contributed by atoms with Crippen molar-refractivity contribution in [2.75, 3.05) is 13.7 Å². The molecule has 2 aliphatic heterocycles. The van der Waals surface area contributed by atoms with E-state index in [1.807, 2.05) is 86.6 Å². The third-order valence-electron chi connectivity index (χ3n) is 9.56. The van der Waals surface area contributed by atoms with Gasteiger partial charge in [-0.3, -0.25) is 9.78 Å². The van der Waals surface area contributed by atoms with Crippen LogP contribution in [0.4, 0.5) is 0 Å². The van der Waals surface area contributed by atoms with Crippen LogP contribution >= 0.6 is 23.2 Å². The molecule has 0 saturated heterocycles. The highest BCUT2D eigenvalue weighted by atomic mass is 35.5. The number of esters is 1. The number of ether oxygens (including phenoxy) is 4. The van der Waals surface area contributed by atoms with Crippen molar-refractivity contribution in [1.29, 1.82) is 0 Å². The van der Waals surface area contributed by atoms with Gasteiger partial charge in [-0.2, -0.15) is 0 Å². The molecule has 9 nitrogen and oxygen atoms in total. The molecule has 1 N–H and O–H groups in total. The molecule has 4 aromatic carbocycles. The highest BCUT2D eigenvalue weighted by Crippen LogP contribution is 2.40. The third kappa shape index (κ3) is 8.23. The maximum atomic E-state index is 13.5. The summed E-state index contributed by atoms with van der Waals surface area (Å²) in [5, 5.41) is 4.26. The normalized spacial score (nSPS) is 16.4. The zero-order chi connectivity index (χ0) is 37.1. The molecule has 0 radical (unpaired) electrons. The average Bonchev–Trinajstić information content (AvgIpc) is 3.18. The van der Waals surface area contributed by atoms with Crippen molar-refractivity contribution in [2.45, 2.75) is 52.0 Å². The Labute approximate surface area is 317 Å². The standard InChI is InChI=1S/C42H37Cl2N3O6/c1-24-25(2)45-14-13-33(24)28-10-7-26(8-11-28)16-37(42(49)50-3)47-41(48)36-18-30-19-38-39(20-31(30)21-46-36)53-40(23-52-38)29-5-4-6-32(17-29)51-22-27-9-12-34(43)35(44)15-27/h4-15,17,19-20,36,40,46H,16,18,21-23H2,1-3H3/t36?,40-/m1/s1. The Hall–Kier alpha value is -5.22. The van der Waals surface area contributed by atoms with Crippen molar-refractivity contribution in [3.63, 3.8) is 0 Å². The van der Waals surface area contributed by atoms with Gasteiger partial charge >= 0.3 is 5.97 Å². The van der Waals surface area contributed by atoms with E-state index in [-0.39, 0.29) is 18.2 Å². The van der Waals surface area contributed by atoms with Gasteiger partial charge < -0.3 is 24.3 Å². The Morgan fingerprint density at radius 1 is 0.925 bits per heavy atom. The summed E-state index contributed by atoms with van der Waals surface area (Å²) in [4.78, 5) is 34.8. The van der Waals surface area contributed by atoms with Crippen LogP contribution in [0.15, 0.2) is 96.1 Å². The largest absolute Gasteiger partial charge is 0.489 e. The maximum absolute atomic E-state index is 13.5. The molecule has 0 fully saturated rings. The van der Waals surface area contributed by atoms with Crippen LogP contribution in [-0.4, -0.2) is 42.3 Å². The number of rotatable bonds is 9. The Balaban J connectivity index is 1.00. The number of pyridine rings is 1. The molecule has 5 aromatic rings. The van der Waals surface area contributed by atoms with Gasteiger partial charge in [-0.15, -0.1) is 0 Å². The van der Waals surface area contributed by atoms with Gasteiger partial charge in [0.05, 0.1) is 23.2 Å². The summed E-state index contributed by atoms with van der Waals surface area (Å²) in [6.07, 6.45) is 1.99. The third-order valence-corrected chi connectivity index (χ3v) is 10.3. The fraction of sp³-hybridized carbons (Fsp3) is 0.238. The Morgan fingerprint density at radius 3 is 2.51 bits per heavy atom. The first-order valence-corrected chi connectivity index (χ1v) is 18.0. The SMILES string of the molecule is COC(=O)C(Cc1ccc(-c2ccnc(C)c2C)cc1)=NC(=O)C1Cc2cc3c(cc2CN1)O[C@@H](c1cccc(OCc2ccc(Cl)c(Cl)c2)c1)CO3. The molecule has 1 aromatic heterocycles. The molecule has 0 aliphatic carbocycles. The van der Waals surface area contributed by atoms with E-state index >= 15 is 0 Å². The summed E-state index contributed by atoms with van der Waals surface area (Å²) >= 11 is 12.2. The van der Waals surface area contributed by atoms with Gasteiger partial charge in [-0.1, -0.05) is 65.7 Å². The molecule has 53 heavy (non-hydrogen) atoms. The van der Waals surface area contributed by atoms with Gasteiger partial charge in [0.2, 0.25) is 0 Å². The second kappa shape index (κ2) is 15.8. The fourth-order valence-corrected chi connectivity index (χ4v) is 6.78. The molecule has 2 aliphatic rings. The number of carbonyl (C=O) groups is 2. The van der Waals surface area contributed by atoms with Crippen LogP contribution in [0.2, 0.25) is 10.0 Å². The molecule has 0 spiro atoms. The minimum Gasteiger partial charge on any atom is -0.489 e. The van der Waals surface area contributed by atoms with Crippen molar-refractivity contribution in [3.8, 4) is 28.4 Å². The van der Waals surface area contributed by atoms with Crippen molar-refractivity contribution in [3.05, 3.63) is 140 Å². The highest BCUT2D eigenvalue weighted by Gasteiger charge is 2.30. The van der Waals surface area contributed by atoms with Crippen LogP contribution in [0.5, 0.6) is 17.2 Å². The number of hydrogen-bond donors (Lipinski definition) is 1. The lowest BCUT2D eigenvalue weighted by atomic mass is 9.94. The smallest absolute Gasteiger partial charge is 0.352 e.